The highest BCUT2D eigenvalue weighted by Gasteiger charge is 2.32. The zero-order chi connectivity index (χ0) is 10.8. The summed E-state index contributed by atoms with van der Waals surface area (Å²) in [6.07, 6.45) is 2.79. The lowest BCUT2D eigenvalue weighted by Gasteiger charge is -2.20. The Balaban J connectivity index is 0.00000128. The highest BCUT2D eigenvalue weighted by atomic mass is 35.5. The minimum absolute atomic E-state index is 0. The van der Waals surface area contributed by atoms with Gasteiger partial charge in [-0.2, -0.15) is 0 Å². The van der Waals surface area contributed by atoms with Crippen molar-refractivity contribution < 1.29 is 4.79 Å². The van der Waals surface area contributed by atoms with Crippen molar-refractivity contribution in [1.82, 2.24) is 9.88 Å². The molecule has 2 unspecified atom stereocenters. The van der Waals surface area contributed by atoms with Crippen molar-refractivity contribution in [1.29, 1.82) is 0 Å². The molecule has 0 bridgehead atoms. The molecule has 0 radical (unpaired) electrons. The second-order valence-electron chi connectivity index (χ2n) is 4.23. The Hall–Kier alpha value is -1.00. The van der Waals surface area contributed by atoms with Crippen molar-refractivity contribution in [2.24, 2.45) is 11.7 Å². The van der Waals surface area contributed by atoms with Gasteiger partial charge in [-0.05, 0) is 37.9 Å². The lowest BCUT2D eigenvalue weighted by Crippen LogP contribution is -2.34. The predicted octanol–water partition coefficient (Wildman–Crippen LogP) is 1.25. The molecule has 1 aliphatic rings. The van der Waals surface area contributed by atoms with E-state index in [2.05, 4.69) is 11.9 Å². The molecule has 1 fully saturated rings. The Bertz CT molecular complexity index is 339. The third-order valence-corrected chi connectivity index (χ3v) is 3.08. The van der Waals surface area contributed by atoms with Gasteiger partial charge >= 0.3 is 0 Å². The maximum atomic E-state index is 12.0. The van der Waals surface area contributed by atoms with Crippen LogP contribution in [0.5, 0.6) is 0 Å². The number of nitrogens with zero attached hydrogens (tertiary/aromatic N) is 1. The third kappa shape index (κ3) is 2.39. The molecule has 1 aliphatic heterocycles. The molecule has 1 amide bonds. The van der Waals surface area contributed by atoms with Gasteiger partial charge in [0.25, 0.3) is 5.91 Å². The van der Waals surface area contributed by atoms with Gasteiger partial charge in [0.2, 0.25) is 0 Å². The Morgan fingerprint density at radius 1 is 1.69 bits per heavy atom. The number of rotatable bonds is 2. The molecule has 2 heterocycles. The zero-order valence-corrected chi connectivity index (χ0v) is 10.2. The summed E-state index contributed by atoms with van der Waals surface area (Å²) < 4.78 is 0. The van der Waals surface area contributed by atoms with Gasteiger partial charge in [-0.3, -0.25) is 4.79 Å². The number of carbonyl (C=O) groups excluding carboxylic acids is 1. The van der Waals surface area contributed by atoms with Crippen molar-refractivity contribution in [3.05, 3.63) is 24.0 Å². The second-order valence-corrected chi connectivity index (χ2v) is 4.23. The number of halogens is 1. The average Bonchev–Trinajstić information content (AvgIpc) is 2.85. The van der Waals surface area contributed by atoms with Gasteiger partial charge in [-0.15, -0.1) is 12.4 Å². The van der Waals surface area contributed by atoms with Crippen LogP contribution in [0, 0.1) is 5.92 Å². The van der Waals surface area contributed by atoms with E-state index >= 15 is 0 Å². The Morgan fingerprint density at radius 2 is 2.44 bits per heavy atom. The van der Waals surface area contributed by atoms with Crippen LogP contribution >= 0.6 is 12.4 Å². The van der Waals surface area contributed by atoms with Gasteiger partial charge in [0.15, 0.2) is 0 Å². The molecule has 4 nitrogen and oxygen atoms in total. The number of aromatic amines is 1. The zero-order valence-electron chi connectivity index (χ0n) is 9.35. The summed E-state index contributed by atoms with van der Waals surface area (Å²) in [5.74, 6) is 0.544. The van der Waals surface area contributed by atoms with E-state index in [0.29, 0.717) is 24.2 Å². The molecule has 1 aromatic heterocycles. The van der Waals surface area contributed by atoms with Gasteiger partial charge in [-0.1, -0.05) is 0 Å². The van der Waals surface area contributed by atoms with Crippen LogP contribution in [0.3, 0.4) is 0 Å². The van der Waals surface area contributed by atoms with Crippen LogP contribution in [0.4, 0.5) is 0 Å². The summed E-state index contributed by atoms with van der Waals surface area (Å²) in [4.78, 5) is 16.9. The molecular weight excluding hydrogens is 226 g/mol. The monoisotopic (exact) mass is 243 g/mol. The fourth-order valence-corrected chi connectivity index (χ4v) is 2.21. The molecule has 1 aromatic rings. The number of nitrogens with one attached hydrogen (secondary N) is 1. The molecular formula is C11H18ClN3O. The van der Waals surface area contributed by atoms with Crippen molar-refractivity contribution in [3.8, 4) is 0 Å². The normalized spacial score (nSPS) is 24.2. The number of H-pyrrole nitrogens is 1. The number of hydrogen-bond donors (Lipinski definition) is 2. The molecule has 16 heavy (non-hydrogen) atoms. The van der Waals surface area contributed by atoms with Crippen LogP contribution in [0.25, 0.3) is 0 Å². The summed E-state index contributed by atoms with van der Waals surface area (Å²) in [5, 5.41) is 0. The summed E-state index contributed by atoms with van der Waals surface area (Å²) in [7, 11) is 0. The fraction of sp³-hybridized carbons (Fsp3) is 0.545. The van der Waals surface area contributed by atoms with Gasteiger partial charge in [-0.25, -0.2) is 0 Å². The Labute approximate surface area is 102 Å². The van der Waals surface area contributed by atoms with E-state index in [9.17, 15) is 4.79 Å². The average molecular weight is 244 g/mol. The SMILES string of the molecule is CC1CC(CN)CN1C(=O)c1ccc[nH]1.Cl. The number of hydrogen-bond acceptors (Lipinski definition) is 2. The lowest BCUT2D eigenvalue weighted by molar-refractivity contribution is 0.0738. The third-order valence-electron chi connectivity index (χ3n) is 3.08. The molecule has 2 atom stereocenters. The largest absolute Gasteiger partial charge is 0.357 e. The van der Waals surface area contributed by atoms with E-state index < -0.39 is 0 Å². The molecule has 90 valence electrons. The second kappa shape index (κ2) is 5.37. The number of carbonyl (C=O) groups is 1. The quantitative estimate of drug-likeness (QED) is 0.821. The number of nitrogens with two attached hydrogens (primary N) is 1. The first-order valence-corrected chi connectivity index (χ1v) is 5.36. The smallest absolute Gasteiger partial charge is 0.270 e. The van der Waals surface area contributed by atoms with E-state index in [-0.39, 0.29) is 18.3 Å². The number of likely N-dealkylation sites (tertiary alicyclic amines) is 1. The number of amides is 1. The van der Waals surface area contributed by atoms with Crippen LogP contribution in [-0.4, -0.2) is 34.9 Å². The Morgan fingerprint density at radius 3 is 2.94 bits per heavy atom. The van der Waals surface area contributed by atoms with Gasteiger partial charge in [0.05, 0.1) is 0 Å². The highest BCUT2D eigenvalue weighted by molar-refractivity contribution is 5.92. The number of aromatic nitrogens is 1. The standard InChI is InChI=1S/C11H17N3O.ClH/c1-8-5-9(6-12)7-14(8)11(15)10-3-2-4-13-10;/h2-4,8-9,13H,5-7,12H2,1H3;1H. The van der Waals surface area contributed by atoms with Crippen LogP contribution in [0.15, 0.2) is 18.3 Å². The molecule has 1 saturated heterocycles. The molecule has 2 rings (SSSR count). The predicted molar refractivity (Wildman–Crippen MR) is 65.7 cm³/mol. The minimum Gasteiger partial charge on any atom is -0.357 e. The van der Waals surface area contributed by atoms with E-state index in [1.54, 1.807) is 6.20 Å². The highest BCUT2D eigenvalue weighted by Crippen LogP contribution is 2.23. The van der Waals surface area contributed by atoms with Gasteiger partial charge in [0.1, 0.15) is 5.69 Å². The van der Waals surface area contributed by atoms with E-state index in [1.165, 1.54) is 0 Å². The first kappa shape index (κ1) is 13.1. The van der Waals surface area contributed by atoms with Crippen molar-refractivity contribution >= 4 is 18.3 Å². The molecule has 0 aromatic carbocycles. The van der Waals surface area contributed by atoms with Gasteiger partial charge < -0.3 is 15.6 Å². The van der Waals surface area contributed by atoms with Crippen molar-refractivity contribution in [2.75, 3.05) is 13.1 Å². The summed E-state index contributed by atoms with van der Waals surface area (Å²) >= 11 is 0. The topological polar surface area (TPSA) is 62.1 Å². The lowest BCUT2D eigenvalue weighted by atomic mass is 10.1. The molecule has 5 heteroatoms. The molecule has 0 aliphatic carbocycles. The van der Waals surface area contributed by atoms with Crippen LogP contribution in [-0.2, 0) is 0 Å². The van der Waals surface area contributed by atoms with E-state index in [1.807, 2.05) is 17.0 Å². The summed E-state index contributed by atoms with van der Waals surface area (Å²) in [5.41, 5.74) is 6.30. The first-order chi connectivity index (χ1) is 7.22. The van der Waals surface area contributed by atoms with Crippen LogP contribution in [0.2, 0.25) is 0 Å². The van der Waals surface area contributed by atoms with Crippen LogP contribution in [0.1, 0.15) is 23.8 Å². The van der Waals surface area contributed by atoms with E-state index in [4.69, 9.17) is 5.73 Å². The van der Waals surface area contributed by atoms with Crippen molar-refractivity contribution in [3.63, 3.8) is 0 Å². The first-order valence-electron chi connectivity index (χ1n) is 5.36. The molecule has 3 N–H and O–H groups in total. The fourth-order valence-electron chi connectivity index (χ4n) is 2.21. The van der Waals surface area contributed by atoms with Gasteiger partial charge in [0, 0.05) is 18.8 Å². The summed E-state index contributed by atoms with van der Waals surface area (Å²) in [6, 6.07) is 3.95. The molecule has 0 spiro atoms. The van der Waals surface area contributed by atoms with Crippen molar-refractivity contribution in [2.45, 2.75) is 19.4 Å². The molecule has 0 saturated carbocycles. The maximum Gasteiger partial charge on any atom is 0.270 e. The summed E-state index contributed by atoms with van der Waals surface area (Å²) in [6.45, 7) is 3.53. The minimum atomic E-state index is 0. The van der Waals surface area contributed by atoms with Crippen LogP contribution < -0.4 is 5.73 Å². The maximum absolute atomic E-state index is 12.0. The van der Waals surface area contributed by atoms with E-state index in [0.717, 1.165) is 13.0 Å². The Kier molecular flexibility index (Phi) is 4.38.